The lowest BCUT2D eigenvalue weighted by Gasteiger charge is -2.15. The summed E-state index contributed by atoms with van der Waals surface area (Å²) in [5.74, 6) is 5.07. The third-order valence-electron chi connectivity index (χ3n) is 5.17. The van der Waals surface area contributed by atoms with Gasteiger partial charge in [0.05, 0.1) is 12.3 Å². The van der Waals surface area contributed by atoms with E-state index in [2.05, 4.69) is 17.0 Å². The van der Waals surface area contributed by atoms with Gasteiger partial charge in [-0.05, 0) is 35.4 Å². The first kappa shape index (κ1) is 24.4. The number of nitrogens with one attached hydrogen (secondary N) is 1. The van der Waals surface area contributed by atoms with Gasteiger partial charge in [0, 0.05) is 30.2 Å². The third kappa shape index (κ3) is 6.40. The molecule has 0 aromatic heterocycles. The topological polar surface area (TPSA) is 146 Å². The molecule has 1 heterocycles. The van der Waals surface area contributed by atoms with Crippen LogP contribution in [0.25, 0.3) is 0 Å². The summed E-state index contributed by atoms with van der Waals surface area (Å²) < 4.78 is 23.7. The van der Waals surface area contributed by atoms with Crippen molar-refractivity contribution in [2.24, 2.45) is 5.16 Å². The van der Waals surface area contributed by atoms with Gasteiger partial charge >= 0.3 is 0 Å². The average molecular weight is 473 g/mol. The maximum Gasteiger partial charge on any atom is 0.261 e. The van der Waals surface area contributed by atoms with Crippen LogP contribution >= 0.6 is 0 Å². The van der Waals surface area contributed by atoms with Crippen LogP contribution in [0.3, 0.4) is 0 Å². The number of nitrogens with zero attached hydrogens (tertiary/aromatic N) is 1. The molecule has 1 amide bonds. The van der Waals surface area contributed by atoms with Crippen molar-refractivity contribution >= 4 is 21.5 Å². The molecular formula is C23H24N2O7S. The molecule has 0 saturated carbocycles. The van der Waals surface area contributed by atoms with E-state index in [9.17, 15) is 18.3 Å². The van der Waals surface area contributed by atoms with Gasteiger partial charge < -0.3 is 15.1 Å². The zero-order valence-corrected chi connectivity index (χ0v) is 18.6. The Morgan fingerprint density at radius 3 is 2.24 bits per heavy atom. The monoisotopic (exact) mass is 472 g/mol. The first-order valence-corrected chi connectivity index (χ1v) is 12.0. The van der Waals surface area contributed by atoms with Gasteiger partial charge in [-0.3, -0.25) is 10.0 Å². The summed E-state index contributed by atoms with van der Waals surface area (Å²) in [6, 6.07) is 14.2. The van der Waals surface area contributed by atoms with Crippen molar-refractivity contribution in [1.82, 2.24) is 5.48 Å². The Bertz CT molecular complexity index is 1180. The first-order chi connectivity index (χ1) is 15.7. The Morgan fingerprint density at radius 1 is 1.15 bits per heavy atom. The summed E-state index contributed by atoms with van der Waals surface area (Å²) in [6.07, 6.45) is -0.400. The van der Waals surface area contributed by atoms with E-state index in [1.165, 1.54) is 5.48 Å². The number of carbonyl (C=O) groups is 1. The molecule has 0 radical (unpaired) electrons. The van der Waals surface area contributed by atoms with Gasteiger partial charge in [0.1, 0.15) is 17.5 Å². The summed E-state index contributed by atoms with van der Waals surface area (Å²) in [5, 5.41) is 30.0. The van der Waals surface area contributed by atoms with Gasteiger partial charge in [-0.15, -0.1) is 0 Å². The maximum atomic E-state index is 11.8. The van der Waals surface area contributed by atoms with E-state index < -0.39 is 33.2 Å². The van der Waals surface area contributed by atoms with Gasteiger partial charge in [-0.1, -0.05) is 41.3 Å². The molecular weight excluding hydrogens is 448 g/mol. The van der Waals surface area contributed by atoms with Crippen molar-refractivity contribution in [2.45, 2.75) is 30.3 Å². The Labute approximate surface area is 191 Å². The van der Waals surface area contributed by atoms with E-state index in [1.807, 2.05) is 24.3 Å². The molecule has 3 atom stereocenters. The first-order valence-electron chi connectivity index (χ1n) is 10.1. The molecule has 0 spiro atoms. The van der Waals surface area contributed by atoms with Crippen LogP contribution in [0.2, 0.25) is 0 Å². The van der Waals surface area contributed by atoms with Crippen LogP contribution in [-0.4, -0.2) is 59.7 Å². The number of hydrogen-bond donors (Lipinski definition) is 4. The Morgan fingerprint density at radius 2 is 1.73 bits per heavy atom. The molecule has 0 saturated heterocycles. The molecule has 9 nitrogen and oxygen atoms in total. The molecule has 1 aliphatic rings. The summed E-state index contributed by atoms with van der Waals surface area (Å²) in [4.78, 5) is 17.0. The van der Waals surface area contributed by atoms with Crippen molar-refractivity contribution in [3.05, 3.63) is 70.8 Å². The highest BCUT2D eigenvalue weighted by Gasteiger charge is 2.35. The van der Waals surface area contributed by atoms with Gasteiger partial charge in [0.15, 0.2) is 9.84 Å². The number of aliphatic hydroxyl groups excluding tert-OH is 2. The zero-order chi connectivity index (χ0) is 24.0. The number of benzene rings is 2. The molecule has 3 rings (SSSR count). The van der Waals surface area contributed by atoms with Crippen LogP contribution in [0, 0.1) is 11.8 Å². The number of amides is 1. The molecule has 4 N–H and O–H groups in total. The standard InChI is InChI=1S/C23H24N2O7S/c1-33(30,31)22(23(28)24-29)13-19-12-20(25-32-19)17-8-4-15(5-9-17)2-3-16-6-10-18(11-7-16)21(27)14-26/h4-11,19,21-22,26-27,29H,12-14H2,1H3,(H,24,28)/t19-,21+,22?/m1/s1. The van der Waals surface area contributed by atoms with Gasteiger partial charge in [-0.25, -0.2) is 13.9 Å². The van der Waals surface area contributed by atoms with Crippen molar-refractivity contribution < 1.29 is 33.5 Å². The Kier molecular flexibility index (Phi) is 7.84. The van der Waals surface area contributed by atoms with E-state index in [1.54, 1.807) is 24.3 Å². The molecule has 0 fully saturated rings. The maximum absolute atomic E-state index is 11.8. The molecule has 2 aromatic rings. The second-order valence-corrected chi connectivity index (χ2v) is 9.88. The van der Waals surface area contributed by atoms with Crippen LogP contribution in [0.15, 0.2) is 53.7 Å². The van der Waals surface area contributed by atoms with Crippen LogP contribution in [-0.2, 0) is 19.5 Å². The van der Waals surface area contributed by atoms with Crippen molar-refractivity contribution in [3.8, 4) is 11.8 Å². The minimum atomic E-state index is -3.73. The van der Waals surface area contributed by atoms with E-state index >= 15 is 0 Å². The van der Waals surface area contributed by atoms with E-state index in [-0.39, 0.29) is 13.0 Å². The second kappa shape index (κ2) is 10.6. The Hall–Kier alpha value is -3.23. The fourth-order valence-corrected chi connectivity index (χ4v) is 4.30. The fourth-order valence-electron chi connectivity index (χ4n) is 3.30. The van der Waals surface area contributed by atoms with Gasteiger partial charge in [0.2, 0.25) is 0 Å². The lowest BCUT2D eigenvalue weighted by molar-refractivity contribution is -0.129. The van der Waals surface area contributed by atoms with Gasteiger partial charge in [0.25, 0.3) is 5.91 Å². The molecule has 0 aliphatic carbocycles. The fraction of sp³-hybridized carbons (Fsp3) is 0.304. The molecule has 0 bridgehead atoms. The predicted octanol–water partition coefficient (Wildman–Crippen LogP) is 0.914. The number of hydrogen-bond acceptors (Lipinski definition) is 8. The van der Waals surface area contributed by atoms with Crippen molar-refractivity contribution in [2.75, 3.05) is 12.9 Å². The van der Waals surface area contributed by atoms with Crippen molar-refractivity contribution in [1.29, 1.82) is 0 Å². The number of oxime groups is 1. The molecule has 10 heteroatoms. The lowest BCUT2D eigenvalue weighted by Crippen LogP contribution is -2.40. The zero-order valence-electron chi connectivity index (χ0n) is 17.8. The van der Waals surface area contributed by atoms with Gasteiger partial charge in [-0.2, -0.15) is 0 Å². The van der Waals surface area contributed by atoms with Crippen LogP contribution in [0.1, 0.15) is 41.2 Å². The minimum Gasteiger partial charge on any atom is -0.393 e. The van der Waals surface area contributed by atoms with Crippen LogP contribution in [0.4, 0.5) is 0 Å². The Balaban J connectivity index is 1.62. The molecule has 1 aliphatic heterocycles. The number of hydroxylamine groups is 1. The number of carbonyl (C=O) groups excluding carboxylic acids is 1. The predicted molar refractivity (Wildman–Crippen MR) is 120 cm³/mol. The molecule has 174 valence electrons. The number of rotatable bonds is 7. The molecule has 33 heavy (non-hydrogen) atoms. The van der Waals surface area contributed by atoms with Crippen LogP contribution < -0.4 is 5.48 Å². The van der Waals surface area contributed by atoms with E-state index in [4.69, 9.17) is 15.2 Å². The smallest absolute Gasteiger partial charge is 0.261 e. The van der Waals surface area contributed by atoms with Crippen molar-refractivity contribution in [3.63, 3.8) is 0 Å². The highest BCUT2D eigenvalue weighted by molar-refractivity contribution is 7.92. The summed E-state index contributed by atoms with van der Waals surface area (Å²) in [5.41, 5.74) is 4.93. The summed E-state index contributed by atoms with van der Waals surface area (Å²) in [7, 11) is -3.73. The van der Waals surface area contributed by atoms with E-state index in [0.717, 1.165) is 22.9 Å². The lowest BCUT2D eigenvalue weighted by atomic mass is 10.0. The number of sulfone groups is 1. The molecule has 1 unspecified atom stereocenters. The second-order valence-electron chi connectivity index (χ2n) is 7.65. The third-order valence-corrected chi connectivity index (χ3v) is 6.61. The summed E-state index contributed by atoms with van der Waals surface area (Å²) >= 11 is 0. The summed E-state index contributed by atoms with van der Waals surface area (Å²) in [6.45, 7) is -0.343. The van der Waals surface area contributed by atoms with E-state index in [0.29, 0.717) is 17.7 Å². The molecule has 2 aromatic carbocycles. The largest absolute Gasteiger partial charge is 0.393 e. The van der Waals surface area contributed by atoms with Crippen LogP contribution in [0.5, 0.6) is 0 Å². The highest BCUT2D eigenvalue weighted by Crippen LogP contribution is 2.22. The average Bonchev–Trinajstić information content (AvgIpc) is 3.29. The normalized spacial score (nSPS) is 17.2. The quantitative estimate of drug-likeness (QED) is 0.266. The number of aliphatic hydroxyl groups is 2. The minimum absolute atomic E-state index is 0.129. The SMILES string of the molecule is CS(=O)(=O)C(C[C@H]1CC(c2ccc(C#Cc3ccc([C@@H](O)CO)cc3)cc2)=NO1)C(=O)NO. The highest BCUT2D eigenvalue weighted by atomic mass is 32.2.